The Hall–Kier alpha value is -2.39. The number of piperidine rings is 1. The molecule has 8 nitrogen and oxygen atoms in total. The van der Waals surface area contributed by atoms with E-state index < -0.39 is 0 Å². The molecule has 1 aromatic heterocycles. The predicted molar refractivity (Wildman–Crippen MR) is 136 cm³/mol. The molecule has 2 aromatic rings. The van der Waals surface area contributed by atoms with Crippen LogP contribution in [0.1, 0.15) is 36.9 Å². The largest absolute Gasteiger partial charge is 0.382 e. The monoisotopic (exact) mass is 554 g/mol. The van der Waals surface area contributed by atoms with Crippen LogP contribution in [0.15, 0.2) is 29.3 Å². The maximum Gasteiger partial charge on any atom is 0.191 e. The van der Waals surface area contributed by atoms with Crippen LogP contribution in [0, 0.1) is 17.1 Å². The van der Waals surface area contributed by atoms with Gasteiger partial charge in [0.1, 0.15) is 23.3 Å². The quantitative estimate of drug-likeness (QED) is 0.201. The van der Waals surface area contributed by atoms with Crippen LogP contribution in [0.3, 0.4) is 0 Å². The molecule has 0 bridgehead atoms. The molecule has 32 heavy (non-hydrogen) atoms. The first kappa shape index (κ1) is 25.9. The topological polar surface area (TPSA) is 107 Å². The Balaban J connectivity index is 0.00000363. The minimum atomic E-state index is -0.334. The average Bonchev–Trinajstić information content (AvgIpc) is 3.11. The summed E-state index contributed by atoms with van der Waals surface area (Å²) in [5, 5.41) is 20.6. The van der Waals surface area contributed by atoms with Gasteiger partial charge in [0.05, 0.1) is 11.4 Å². The standard InChI is InChI=1S/C22H31FN8.HI/c1-26-22(28-12-15-30-13-3-2-4-14-30)27-11-5-6-20-19(16-24)21(25)31(29-20)18-9-7-17(23)8-10-18;/h7-10H,2-6,11-15,25H2,1H3,(H2,26,27,28);1H. The second-order valence-electron chi connectivity index (χ2n) is 7.64. The number of aliphatic imine (C=N–C) groups is 1. The first-order valence-corrected chi connectivity index (χ1v) is 10.8. The van der Waals surface area contributed by atoms with Crippen molar-refractivity contribution in [1.82, 2.24) is 25.3 Å². The number of guanidine groups is 1. The van der Waals surface area contributed by atoms with Gasteiger partial charge in [-0.3, -0.25) is 4.99 Å². The molecule has 0 unspecified atom stereocenters. The molecule has 174 valence electrons. The van der Waals surface area contributed by atoms with Crippen LogP contribution in [0.2, 0.25) is 0 Å². The third-order valence-corrected chi connectivity index (χ3v) is 5.45. The zero-order valence-electron chi connectivity index (χ0n) is 18.5. The van der Waals surface area contributed by atoms with Crippen molar-refractivity contribution in [3.8, 4) is 11.8 Å². The normalized spacial score (nSPS) is 14.5. The summed E-state index contributed by atoms with van der Waals surface area (Å²) in [6, 6.07) is 8.00. The smallest absolute Gasteiger partial charge is 0.191 e. The molecular weight excluding hydrogens is 522 g/mol. The van der Waals surface area contributed by atoms with Gasteiger partial charge in [0, 0.05) is 26.7 Å². The van der Waals surface area contributed by atoms with Crippen molar-refractivity contribution in [2.75, 3.05) is 45.5 Å². The van der Waals surface area contributed by atoms with E-state index in [2.05, 4.69) is 31.7 Å². The van der Waals surface area contributed by atoms with E-state index in [1.165, 1.54) is 49.2 Å². The van der Waals surface area contributed by atoms with Crippen molar-refractivity contribution in [2.45, 2.75) is 32.1 Å². The summed E-state index contributed by atoms with van der Waals surface area (Å²) in [6.45, 7) is 4.94. The molecule has 1 aliphatic rings. The van der Waals surface area contributed by atoms with Crippen molar-refractivity contribution in [2.24, 2.45) is 4.99 Å². The molecule has 0 amide bonds. The van der Waals surface area contributed by atoms with Gasteiger partial charge in [-0.1, -0.05) is 6.42 Å². The number of halogens is 2. The minimum absolute atomic E-state index is 0. The molecule has 4 N–H and O–H groups in total. The Bertz CT molecular complexity index is 913. The molecule has 0 atom stereocenters. The Kier molecular flexibility index (Phi) is 10.7. The van der Waals surface area contributed by atoms with Gasteiger partial charge in [-0.05, 0) is 63.0 Å². The lowest BCUT2D eigenvalue weighted by Gasteiger charge is -2.26. The molecule has 0 radical (unpaired) electrons. The number of aromatic nitrogens is 2. The van der Waals surface area contributed by atoms with Gasteiger partial charge in [0.15, 0.2) is 5.96 Å². The Morgan fingerprint density at radius 3 is 2.53 bits per heavy atom. The fourth-order valence-corrected chi connectivity index (χ4v) is 3.75. The molecule has 1 saturated heterocycles. The summed E-state index contributed by atoms with van der Waals surface area (Å²) in [5.74, 6) is 0.709. The number of nitrogens with two attached hydrogens (primary N) is 1. The van der Waals surface area contributed by atoms with E-state index in [1.54, 1.807) is 19.2 Å². The number of anilines is 1. The molecule has 1 aliphatic heterocycles. The SMILES string of the molecule is CN=C(NCCCc1nn(-c2ccc(F)cc2)c(N)c1C#N)NCCN1CCCCC1.I. The van der Waals surface area contributed by atoms with E-state index >= 15 is 0 Å². The lowest BCUT2D eigenvalue weighted by molar-refractivity contribution is 0.232. The van der Waals surface area contributed by atoms with Gasteiger partial charge in [-0.15, -0.1) is 24.0 Å². The molecule has 0 aliphatic carbocycles. The number of likely N-dealkylation sites (tertiary alicyclic amines) is 1. The van der Waals surface area contributed by atoms with Crippen LogP contribution >= 0.6 is 24.0 Å². The Morgan fingerprint density at radius 2 is 1.88 bits per heavy atom. The number of hydrogen-bond acceptors (Lipinski definition) is 5. The van der Waals surface area contributed by atoms with Crippen molar-refractivity contribution < 1.29 is 4.39 Å². The van der Waals surface area contributed by atoms with Crippen molar-refractivity contribution >= 4 is 35.8 Å². The highest BCUT2D eigenvalue weighted by Gasteiger charge is 2.16. The highest BCUT2D eigenvalue weighted by Crippen LogP contribution is 2.21. The summed E-state index contributed by atoms with van der Waals surface area (Å²) >= 11 is 0. The third-order valence-electron chi connectivity index (χ3n) is 5.45. The van der Waals surface area contributed by atoms with Crippen molar-refractivity contribution in [1.29, 1.82) is 5.26 Å². The highest BCUT2D eigenvalue weighted by molar-refractivity contribution is 14.0. The third kappa shape index (κ3) is 7.06. The summed E-state index contributed by atoms with van der Waals surface area (Å²) in [5.41, 5.74) is 7.74. The average molecular weight is 554 g/mol. The van der Waals surface area contributed by atoms with Gasteiger partial charge < -0.3 is 21.3 Å². The molecule has 0 spiro atoms. The fourth-order valence-electron chi connectivity index (χ4n) is 3.75. The first-order valence-electron chi connectivity index (χ1n) is 10.8. The summed E-state index contributed by atoms with van der Waals surface area (Å²) in [4.78, 5) is 6.75. The van der Waals surface area contributed by atoms with E-state index in [4.69, 9.17) is 5.73 Å². The van der Waals surface area contributed by atoms with E-state index in [0.29, 0.717) is 29.9 Å². The van der Waals surface area contributed by atoms with E-state index in [9.17, 15) is 9.65 Å². The Labute approximate surface area is 206 Å². The van der Waals surface area contributed by atoms with E-state index in [1.807, 2.05) is 0 Å². The molecule has 0 saturated carbocycles. The maximum absolute atomic E-state index is 13.2. The number of nitrogens with zero attached hydrogens (tertiary/aromatic N) is 5. The van der Waals surface area contributed by atoms with Gasteiger partial charge in [-0.2, -0.15) is 10.4 Å². The highest BCUT2D eigenvalue weighted by atomic mass is 127. The Morgan fingerprint density at radius 1 is 1.19 bits per heavy atom. The number of aryl methyl sites for hydroxylation is 1. The maximum atomic E-state index is 13.2. The summed E-state index contributed by atoms with van der Waals surface area (Å²) < 4.78 is 14.7. The number of rotatable bonds is 8. The summed E-state index contributed by atoms with van der Waals surface area (Å²) in [6.07, 6.45) is 5.28. The van der Waals surface area contributed by atoms with Gasteiger partial charge in [0.2, 0.25) is 0 Å². The number of benzene rings is 1. The second-order valence-corrected chi connectivity index (χ2v) is 7.64. The molecule has 3 rings (SSSR count). The number of nitriles is 1. The van der Waals surface area contributed by atoms with Crippen molar-refractivity contribution in [3.05, 3.63) is 41.3 Å². The zero-order chi connectivity index (χ0) is 22.1. The minimum Gasteiger partial charge on any atom is -0.382 e. The first-order chi connectivity index (χ1) is 15.1. The molecule has 1 fully saturated rings. The summed E-state index contributed by atoms with van der Waals surface area (Å²) in [7, 11) is 1.76. The molecule has 10 heteroatoms. The van der Waals surface area contributed by atoms with Crippen molar-refractivity contribution in [3.63, 3.8) is 0 Å². The van der Waals surface area contributed by atoms with Gasteiger partial charge in [0.25, 0.3) is 0 Å². The molecule has 1 aromatic carbocycles. The lowest BCUT2D eigenvalue weighted by Crippen LogP contribution is -2.42. The van der Waals surface area contributed by atoms with Gasteiger partial charge in [-0.25, -0.2) is 9.07 Å². The number of nitrogen functional groups attached to an aromatic ring is 1. The van der Waals surface area contributed by atoms with E-state index in [0.717, 1.165) is 25.5 Å². The van der Waals surface area contributed by atoms with Crippen LogP contribution in [-0.2, 0) is 6.42 Å². The van der Waals surface area contributed by atoms with Crippen LogP contribution in [-0.4, -0.2) is 60.4 Å². The predicted octanol–water partition coefficient (Wildman–Crippen LogP) is 2.67. The molecular formula is C22H32FIN8. The van der Waals surface area contributed by atoms with Crippen LogP contribution in [0.25, 0.3) is 5.69 Å². The molecule has 2 heterocycles. The van der Waals surface area contributed by atoms with Crippen LogP contribution < -0.4 is 16.4 Å². The number of nitrogens with one attached hydrogen (secondary N) is 2. The van der Waals surface area contributed by atoms with E-state index in [-0.39, 0.29) is 35.6 Å². The number of hydrogen-bond donors (Lipinski definition) is 3. The second kappa shape index (κ2) is 13.2. The zero-order valence-corrected chi connectivity index (χ0v) is 20.8. The van der Waals surface area contributed by atoms with Crippen LogP contribution in [0.4, 0.5) is 10.2 Å². The fraction of sp³-hybridized carbons (Fsp3) is 0.500. The lowest BCUT2D eigenvalue weighted by atomic mass is 10.1. The van der Waals surface area contributed by atoms with Crippen LogP contribution in [0.5, 0.6) is 0 Å². The van der Waals surface area contributed by atoms with Gasteiger partial charge >= 0.3 is 0 Å².